The third-order valence-electron chi connectivity index (χ3n) is 4.41. The number of hydrogen-bond donors (Lipinski definition) is 1. The summed E-state index contributed by atoms with van der Waals surface area (Å²) in [5, 5.41) is 3.39. The fourth-order valence-corrected chi connectivity index (χ4v) is 3.80. The highest BCUT2D eigenvalue weighted by Gasteiger charge is 2.18. The second-order valence-corrected chi connectivity index (χ2v) is 7.29. The van der Waals surface area contributed by atoms with Crippen LogP contribution < -0.4 is 5.32 Å². The van der Waals surface area contributed by atoms with Crippen LogP contribution in [0.5, 0.6) is 0 Å². The van der Waals surface area contributed by atoms with Gasteiger partial charge in [0.05, 0.1) is 16.8 Å². The van der Waals surface area contributed by atoms with Crippen LogP contribution in [0.25, 0.3) is 21.7 Å². The number of nitrogens with zero attached hydrogens (tertiary/aromatic N) is 1. The van der Waals surface area contributed by atoms with Gasteiger partial charge < -0.3 is 4.42 Å². The highest BCUT2D eigenvalue weighted by Crippen LogP contribution is 2.39. The van der Waals surface area contributed by atoms with E-state index in [9.17, 15) is 4.79 Å². The molecule has 1 amide bonds. The number of carbonyl (C=O) groups is 1. The molecule has 4 nitrogen and oxygen atoms in total. The Balaban J connectivity index is 1.77. The zero-order chi connectivity index (χ0) is 18.8. The number of amides is 1. The predicted octanol–water partition coefficient (Wildman–Crippen LogP) is 5.94. The van der Waals surface area contributed by atoms with Crippen molar-refractivity contribution in [3.63, 3.8) is 0 Å². The van der Waals surface area contributed by atoms with Crippen molar-refractivity contribution < 1.29 is 9.21 Å². The first kappa shape index (κ1) is 17.2. The molecule has 4 rings (SSSR count). The van der Waals surface area contributed by atoms with Crippen LogP contribution in [0.1, 0.15) is 21.7 Å². The molecule has 0 bridgehead atoms. The average Bonchev–Trinajstić information content (AvgIpc) is 3.35. The Kier molecular flexibility index (Phi) is 4.60. The highest BCUT2D eigenvalue weighted by molar-refractivity contribution is 7.19. The maximum Gasteiger partial charge on any atom is 0.293 e. The Labute approximate surface area is 161 Å². The fourth-order valence-electron chi connectivity index (χ4n) is 2.81. The Morgan fingerprint density at radius 1 is 0.963 bits per heavy atom. The highest BCUT2D eigenvalue weighted by atomic mass is 32.1. The number of furan rings is 1. The number of thiazole rings is 1. The van der Waals surface area contributed by atoms with E-state index in [0.29, 0.717) is 5.13 Å². The van der Waals surface area contributed by atoms with Gasteiger partial charge in [0.15, 0.2) is 10.9 Å². The summed E-state index contributed by atoms with van der Waals surface area (Å²) in [6.07, 6.45) is 1.48. The minimum atomic E-state index is -0.306. The van der Waals surface area contributed by atoms with Crippen LogP contribution in [0.2, 0.25) is 0 Å². The summed E-state index contributed by atoms with van der Waals surface area (Å²) >= 11 is 1.46. The number of nitrogens with one attached hydrogen (secondary N) is 1. The van der Waals surface area contributed by atoms with E-state index in [0.717, 1.165) is 21.7 Å². The van der Waals surface area contributed by atoms with Gasteiger partial charge in [0.1, 0.15) is 0 Å². The molecule has 0 aliphatic heterocycles. The molecule has 0 saturated carbocycles. The van der Waals surface area contributed by atoms with Crippen LogP contribution in [0, 0.1) is 13.8 Å². The second-order valence-electron chi connectivity index (χ2n) is 6.29. The minimum absolute atomic E-state index is 0.263. The number of rotatable bonds is 4. The molecule has 0 aliphatic carbocycles. The monoisotopic (exact) mass is 374 g/mol. The lowest BCUT2D eigenvalue weighted by Crippen LogP contribution is -2.10. The van der Waals surface area contributed by atoms with E-state index < -0.39 is 0 Å². The molecule has 134 valence electrons. The quantitative estimate of drug-likeness (QED) is 0.481. The molecular weight excluding hydrogens is 356 g/mol. The molecule has 0 atom stereocenters. The molecule has 1 N–H and O–H groups in total. The molecule has 0 spiro atoms. The van der Waals surface area contributed by atoms with Gasteiger partial charge in [-0.25, -0.2) is 4.98 Å². The molecule has 2 aromatic heterocycles. The summed E-state index contributed by atoms with van der Waals surface area (Å²) in [7, 11) is 0. The Morgan fingerprint density at radius 2 is 1.78 bits per heavy atom. The summed E-state index contributed by atoms with van der Waals surface area (Å²) in [6, 6.07) is 19.7. The van der Waals surface area contributed by atoms with E-state index in [1.165, 1.54) is 28.7 Å². The summed E-state index contributed by atoms with van der Waals surface area (Å²) in [5.41, 5.74) is 5.42. The molecule has 5 heteroatoms. The van der Waals surface area contributed by atoms with Crippen molar-refractivity contribution in [2.75, 3.05) is 5.32 Å². The van der Waals surface area contributed by atoms with Crippen LogP contribution >= 0.6 is 11.3 Å². The summed E-state index contributed by atoms with van der Waals surface area (Å²) < 4.78 is 5.17. The van der Waals surface area contributed by atoms with Crippen molar-refractivity contribution in [1.29, 1.82) is 0 Å². The Morgan fingerprint density at radius 3 is 2.48 bits per heavy atom. The van der Waals surface area contributed by atoms with E-state index in [1.54, 1.807) is 12.1 Å². The maximum absolute atomic E-state index is 12.3. The second kappa shape index (κ2) is 7.21. The minimum Gasteiger partial charge on any atom is -0.459 e. The number of anilines is 1. The normalized spacial score (nSPS) is 10.7. The molecule has 2 aromatic carbocycles. The number of hydrogen-bond acceptors (Lipinski definition) is 4. The van der Waals surface area contributed by atoms with Gasteiger partial charge in [-0.1, -0.05) is 53.8 Å². The van der Waals surface area contributed by atoms with Crippen LogP contribution in [0.15, 0.2) is 71.3 Å². The molecular formula is C22H18N2O2S. The third kappa shape index (κ3) is 3.55. The van der Waals surface area contributed by atoms with Gasteiger partial charge >= 0.3 is 0 Å². The van der Waals surface area contributed by atoms with Gasteiger partial charge in [-0.2, -0.15) is 0 Å². The van der Waals surface area contributed by atoms with Crippen molar-refractivity contribution in [3.8, 4) is 21.7 Å². The molecule has 2 heterocycles. The van der Waals surface area contributed by atoms with Gasteiger partial charge in [-0.05, 0) is 48.7 Å². The zero-order valence-corrected chi connectivity index (χ0v) is 15.8. The number of aromatic nitrogens is 1. The maximum atomic E-state index is 12.3. The summed E-state index contributed by atoms with van der Waals surface area (Å²) in [6.45, 7) is 4.18. The van der Waals surface area contributed by atoms with Gasteiger partial charge in [-0.15, -0.1) is 0 Å². The van der Waals surface area contributed by atoms with Gasteiger partial charge in [0.25, 0.3) is 5.91 Å². The van der Waals surface area contributed by atoms with Crippen molar-refractivity contribution in [3.05, 3.63) is 83.8 Å². The van der Waals surface area contributed by atoms with Gasteiger partial charge in [0, 0.05) is 5.56 Å². The van der Waals surface area contributed by atoms with Crippen molar-refractivity contribution in [2.45, 2.75) is 13.8 Å². The van der Waals surface area contributed by atoms with E-state index in [4.69, 9.17) is 9.40 Å². The molecule has 0 radical (unpaired) electrons. The molecule has 0 aliphatic rings. The van der Waals surface area contributed by atoms with Gasteiger partial charge in [-0.3, -0.25) is 10.1 Å². The lowest BCUT2D eigenvalue weighted by Gasteiger charge is -2.05. The average molecular weight is 374 g/mol. The van der Waals surface area contributed by atoms with Crippen LogP contribution in [-0.2, 0) is 0 Å². The Bertz CT molecular complexity index is 1080. The van der Waals surface area contributed by atoms with E-state index in [2.05, 4.69) is 49.5 Å². The first-order valence-electron chi connectivity index (χ1n) is 8.60. The third-order valence-corrected chi connectivity index (χ3v) is 5.43. The number of benzene rings is 2. The topological polar surface area (TPSA) is 55.1 Å². The van der Waals surface area contributed by atoms with E-state index in [1.807, 2.05) is 18.2 Å². The SMILES string of the molecule is Cc1ccc(-c2nc(NC(=O)c3ccco3)sc2-c2ccccc2)cc1C. The molecule has 27 heavy (non-hydrogen) atoms. The molecule has 4 aromatic rings. The molecule has 0 fully saturated rings. The van der Waals surface area contributed by atoms with Crippen LogP contribution in [0.4, 0.5) is 5.13 Å². The first-order chi connectivity index (χ1) is 13.1. The largest absolute Gasteiger partial charge is 0.459 e. The van der Waals surface area contributed by atoms with Crippen molar-refractivity contribution in [1.82, 2.24) is 4.98 Å². The first-order valence-corrected chi connectivity index (χ1v) is 9.42. The van der Waals surface area contributed by atoms with E-state index >= 15 is 0 Å². The summed E-state index contributed by atoms with van der Waals surface area (Å²) in [5.74, 6) is -0.0424. The summed E-state index contributed by atoms with van der Waals surface area (Å²) in [4.78, 5) is 18.1. The lowest BCUT2D eigenvalue weighted by molar-refractivity contribution is 0.0996. The predicted molar refractivity (Wildman–Crippen MR) is 109 cm³/mol. The zero-order valence-electron chi connectivity index (χ0n) is 15.0. The smallest absolute Gasteiger partial charge is 0.293 e. The number of aryl methyl sites for hydroxylation is 2. The van der Waals surface area contributed by atoms with Crippen molar-refractivity contribution in [2.24, 2.45) is 0 Å². The fraction of sp³-hybridized carbons (Fsp3) is 0.0909. The van der Waals surface area contributed by atoms with Gasteiger partial charge in [0.2, 0.25) is 0 Å². The van der Waals surface area contributed by atoms with Crippen LogP contribution in [0.3, 0.4) is 0 Å². The Hall–Kier alpha value is -3.18. The van der Waals surface area contributed by atoms with Crippen molar-refractivity contribution >= 4 is 22.4 Å². The molecule has 0 unspecified atom stereocenters. The van der Waals surface area contributed by atoms with Crippen LogP contribution in [-0.4, -0.2) is 10.9 Å². The molecule has 0 saturated heterocycles. The van der Waals surface area contributed by atoms with E-state index in [-0.39, 0.29) is 11.7 Å². The standard InChI is InChI=1S/C22H18N2O2S/c1-14-10-11-17(13-15(14)2)19-20(16-7-4-3-5-8-16)27-22(23-19)24-21(25)18-9-6-12-26-18/h3-13H,1-2H3,(H,23,24,25). The number of carbonyl (C=O) groups excluding carboxylic acids is 1. The lowest BCUT2D eigenvalue weighted by atomic mass is 10.0.